The molecule has 0 spiro atoms. The second-order valence-corrected chi connectivity index (χ2v) is 2.32. The number of hydrogen-bond acceptors (Lipinski definition) is 4. The topological polar surface area (TPSA) is 84.9 Å². The Morgan fingerprint density at radius 3 is 2.36 bits per heavy atom. The van der Waals surface area contributed by atoms with Crippen molar-refractivity contribution in [3.63, 3.8) is 0 Å². The first-order valence-corrected chi connectivity index (χ1v) is 3.84. The smallest absolute Gasteiger partial charge is 0.328 e. The molecule has 0 aliphatic carbocycles. The zero-order valence-corrected chi connectivity index (χ0v) is 8.02. The second-order valence-electron chi connectivity index (χ2n) is 2.32. The van der Waals surface area contributed by atoms with Crippen LogP contribution in [0.2, 0.25) is 0 Å². The fourth-order valence-electron chi connectivity index (χ4n) is 0.653. The maximum absolute atomic E-state index is 10.9. The molecule has 0 heterocycles. The van der Waals surface area contributed by atoms with Gasteiger partial charge >= 0.3 is 5.97 Å². The van der Waals surface area contributed by atoms with Crippen LogP contribution in [0.3, 0.4) is 0 Å². The van der Waals surface area contributed by atoms with Gasteiger partial charge < -0.3 is 19.9 Å². The number of nitrogens with one attached hydrogen (secondary N) is 1. The van der Waals surface area contributed by atoms with Crippen molar-refractivity contribution >= 4 is 11.9 Å². The van der Waals surface area contributed by atoms with Crippen molar-refractivity contribution in [1.82, 2.24) is 5.32 Å². The van der Waals surface area contributed by atoms with E-state index in [-0.39, 0.29) is 6.54 Å². The highest BCUT2D eigenvalue weighted by atomic mass is 16.7. The van der Waals surface area contributed by atoms with Crippen LogP contribution < -0.4 is 5.32 Å². The maximum Gasteiger partial charge on any atom is 0.328 e. The van der Waals surface area contributed by atoms with Gasteiger partial charge in [0.2, 0.25) is 5.91 Å². The third kappa shape index (κ3) is 6.15. The van der Waals surface area contributed by atoms with E-state index in [0.29, 0.717) is 0 Å². The van der Waals surface area contributed by atoms with Gasteiger partial charge in [-0.05, 0) is 0 Å². The van der Waals surface area contributed by atoms with Crippen molar-refractivity contribution in [1.29, 1.82) is 0 Å². The van der Waals surface area contributed by atoms with Crippen LogP contribution in [-0.4, -0.2) is 44.0 Å². The highest BCUT2D eigenvalue weighted by Gasteiger charge is 2.05. The second kappa shape index (κ2) is 7.05. The Balaban J connectivity index is 3.78. The first kappa shape index (κ1) is 12.6. The van der Waals surface area contributed by atoms with E-state index < -0.39 is 18.2 Å². The normalized spacial score (nSPS) is 10.8. The highest BCUT2D eigenvalue weighted by Crippen LogP contribution is 1.87. The number of methoxy groups -OCH3 is 2. The number of ether oxygens (including phenoxy) is 2. The highest BCUT2D eigenvalue weighted by molar-refractivity contribution is 5.93. The van der Waals surface area contributed by atoms with E-state index in [4.69, 9.17) is 14.6 Å². The molecule has 0 radical (unpaired) electrons. The van der Waals surface area contributed by atoms with Gasteiger partial charge in [0.05, 0.1) is 6.54 Å². The molecule has 0 aliphatic rings. The van der Waals surface area contributed by atoms with Crippen LogP contribution in [0.15, 0.2) is 12.2 Å². The third-order valence-electron chi connectivity index (χ3n) is 1.35. The zero-order chi connectivity index (χ0) is 11.0. The minimum Gasteiger partial charge on any atom is -0.478 e. The van der Waals surface area contributed by atoms with Gasteiger partial charge in [0.25, 0.3) is 0 Å². The SMILES string of the molecule is COC(CNC(=O)/C=C/C(=O)O)OC. The third-order valence-corrected chi connectivity index (χ3v) is 1.35. The monoisotopic (exact) mass is 203 g/mol. The van der Waals surface area contributed by atoms with Crippen molar-refractivity contribution in [3.05, 3.63) is 12.2 Å². The molecule has 6 nitrogen and oxygen atoms in total. The number of rotatable bonds is 6. The molecule has 0 atom stereocenters. The molecule has 0 aromatic carbocycles. The molecular weight excluding hydrogens is 190 g/mol. The molecule has 0 aromatic heterocycles. The average molecular weight is 203 g/mol. The standard InChI is InChI=1S/C8H13NO5/c1-13-8(14-2)5-9-6(10)3-4-7(11)12/h3-4,8H,5H2,1-2H3,(H,9,10)(H,11,12)/b4-3+. The van der Waals surface area contributed by atoms with Gasteiger partial charge in [-0.25, -0.2) is 4.79 Å². The van der Waals surface area contributed by atoms with Crippen LogP contribution in [0.1, 0.15) is 0 Å². The van der Waals surface area contributed by atoms with Gasteiger partial charge in [0, 0.05) is 26.4 Å². The van der Waals surface area contributed by atoms with Gasteiger partial charge in [0.15, 0.2) is 6.29 Å². The molecule has 1 amide bonds. The van der Waals surface area contributed by atoms with Crippen molar-refractivity contribution in [2.75, 3.05) is 20.8 Å². The molecule has 0 saturated carbocycles. The van der Waals surface area contributed by atoms with Gasteiger partial charge in [0.1, 0.15) is 0 Å². The Bertz CT molecular complexity index is 222. The number of carboxylic acids is 1. The first-order valence-electron chi connectivity index (χ1n) is 3.84. The molecule has 0 saturated heterocycles. The van der Waals surface area contributed by atoms with Crippen LogP contribution in [0, 0.1) is 0 Å². The van der Waals surface area contributed by atoms with Crippen LogP contribution in [0.4, 0.5) is 0 Å². The van der Waals surface area contributed by atoms with Crippen LogP contribution in [0.25, 0.3) is 0 Å². The van der Waals surface area contributed by atoms with Gasteiger partial charge in [-0.3, -0.25) is 4.79 Å². The van der Waals surface area contributed by atoms with Gasteiger partial charge in [-0.2, -0.15) is 0 Å². The predicted octanol–water partition coefficient (Wildman–Crippen LogP) is -0.638. The molecule has 6 heteroatoms. The summed E-state index contributed by atoms with van der Waals surface area (Å²) >= 11 is 0. The molecule has 0 unspecified atom stereocenters. The van der Waals surface area contributed by atoms with Gasteiger partial charge in [-0.1, -0.05) is 0 Å². The zero-order valence-electron chi connectivity index (χ0n) is 8.02. The van der Waals surface area contributed by atoms with E-state index in [0.717, 1.165) is 12.2 Å². The summed E-state index contributed by atoms with van der Waals surface area (Å²) in [5.74, 6) is -1.68. The number of amides is 1. The summed E-state index contributed by atoms with van der Waals surface area (Å²) in [6.07, 6.45) is 1.14. The Morgan fingerprint density at radius 1 is 1.36 bits per heavy atom. The average Bonchev–Trinajstić information content (AvgIpc) is 2.16. The van der Waals surface area contributed by atoms with E-state index in [9.17, 15) is 9.59 Å². The van der Waals surface area contributed by atoms with E-state index >= 15 is 0 Å². The summed E-state index contributed by atoms with van der Waals surface area (Å²) < 4.78 is 9.60. The van der Waals surface area contributed by atoms with E-state index in [1.54, 1.807) is 0 Å². The quantitative estimate of drug-likeness (QED) is 0.443. The fraction of sp³-hybridized carbons (Fsp3) is 0.500. The van der Waals surface area contributed by atoms with Crippen molar-refractivity contribution in [3.8, 4) is 0 Å². The Labute approximate surface area is 81.5 Å². The summed E-state index contributed by atoms with van der Waals surface area (Å²) in [5.41, 5.74) is 0. The Kier molecular flexibility index (Phi) is 6.34. The summed E-state index contributed by atoms with van der Waals surface area (Å²) in [4.78, 5) is 20.9. The van der Waals surface area contributed by atoms with E-state index in [2.05, 4.69) is 5.32 Å². The maximum atomic E-state index is 10.9. The molecule has 0 aromatic rings. The Hall–Kier alpha value is -1.40. The molecule has 0 aliphatic heterocycles. The molecular formula is C8H13NO5. The van der Waals surface area contributed by atoms with Crippen molar-refractivity contribution in [2.24, 2.45) is 0 Å². The first-order chi connectivity index (χ1) is 6.60. The number of hydrogen-bond donors (Lipinski definition) is 2. The van der Waals surface area contributed by atoms with Gasteiger partial charge in [-0.15, -0.1) is 0 Å². The molecule has 0 fully saturated rings. The largest absolute Gasteiger partial charge is 0.478 e. The molecule has 2 N–H and O–H groups in total. The van der Waals surface area contributed by atoms with E-state index in [1.807, 2.05) is 0 Å². The fourth-order valence-corrected chi connectivity index (χ4v) is 0.653. The van der Waals surface area contributed by atoms with Crippen molar-refractivity contribution in [2.45, 2.75) is 6.29 Å². The lowest BCUT2D eigenvalue weighted by molar-refractivity contribution is -0.131. The minimum absolute atomic E-state index is 0.162. The molecule has 14 heavy (non-hydrogen) atoms. The lowest BCUT2D eigenvalue weighted by Gasteiger charge is -2.12. The summed E-state index contributed by atoms with van der Waals surface area (Å²) in [7, 11) is 2.88. The Morgan fingerprint density at radius 2 is 1.93 bits per heavy atom. The lowest BCUT2D eigenvalue weighted by atomic mass is 10.4. The van der Waals surface area contributed by atoms with Crippen LogP contribution in [-0.2, 0) is 19.1 Å². The van der Waals surface area contributed by atoms with Crippen LogP contribution in [0.5, 0.6) is 0 Å². The summed E-state index contributed by atoms with van der Waals surface area (Å²) in [5, 5.41) is 10.6. The van der Waals surface area contributed by atoms with E-state index in [1.165, 1.54) is 14.2 Å². The number of carbonyl (C=O) groups is 2. The summed E-state index contributed by atoms with van der Waals surface area (Å²) in [6.45, 7) is 0.162. The van der Waals surface area contributed by atoms with Crippen molar-refractivity contribution < 1.29 is 24.2 Å². The lowest BCUT2D eigenvalue weighted by Crippen LogP contribution is -2.33. The number of carbonyl (C=O) groups excluding carboxylic acids is 1. The number of carboxylic acid groups (broad SMARTS) is 1. The molecule has 0 bridgehead atoms. The van der Waals surface area contributed by atoms with Crippen LogP contribution >= 0.6 is 0 Å². The predicted molar refractivity (Wildman–Crippen MR) is 47.6 cm³/mol. The summed E-state index contributed by atoms with van der Waals surface area (Å²) in [6, 6.07) is 0. The number of aliphatic carboxylic acids is 1. The molecule has 0 rings (SSSR count). The molecule has 80 valence electrons. The minimum atomic E-state index is -1.17.